The molecule has 3 rings (SSSR count). The van der Waals surface area contributed by atoms with Crippen LogP contribution < -0.4 is 14.8 Å². The van der Waals surface area contributed by atoms with Gasteiger partial charge in [0, 0.05) is 26.1 Å². The molecule has 2 saturated heterocycles. The highest BCUT2D eigenvalue weighted by Crippen LogP contribution is 2.27. The summed E-state index contributed by atoms with van der Waals surface area (Å²) in [4.78, 5) is 28.8. The lowest BCUT2D eigenvalue weighted by Crippen LogP contribution is -2.42. The van der Waals surface area contributed by atoms with Crippen LogP contribution in [-0.4, -0.2) is 68.6 Å². The third-order valence-electron chi connectivity index (χ3n) is 5.93. The Labute approximate surface area is 173 Å². The molecule has 2 heterocycles. The van der Waals surface area contributed by atoms with Crippen LogP contribution in [-0.2, 0) is 16.1 Å². The molecule has 2 aliphatic heterocycles. The van der Waals surface area contributed by atoms with Crippen LogP contribution >= 0.6 is 0 Å². The number of nitrogens with one attached hydrogen (secondary N) is 1. The van der Waals surface area contributed by atoms with Crippen LogP contribution in [0.25, 0.3) is 0 Å². The van der Waals surface area contributed by atoms with Crippen molar-refractivity contribution in [3.05, 3.63) is 23.8 Å². The average Bonchev–Trinajstić information content (AvgIpc) is 3.28. The molecule has 1 aromatic rings. The smallest absolute Gasteiger partial charge is 0.234 e. The fraction of sp³-hybridized carbons (Fsp3) is 0.636. The van der Waals surface area contributed by atoms with Gasteiger partial charge in [-0.15, -0.1) is 0 Å². The Hall–Kier alpha value is -2.28. The van der Waals surface area contributed by atoms with Crippen molar-refractivity contribution in [3.8, 4) is 11.5 Å². The Morgan fingerprint density at radius 1 is 1.03 bits per heavy atom. The van der Waals surface area contributed by atoms with Gasteiger partial charge in [-0.1, -0.05) is 6.07 Å². The molecular weight excluding hydrogens is 370 g/mol. The lowest BCUT2D eigenvalue weighted by atomic mass is 9.93. The molecular formula is C22H33N3O4. The molecule has 0 saturated carbocycles. The van der Waals surface area contributed by atoms with Gasteiger partial charge in [0.05, 0.1) is 20.8 Å². The van der Waals surface area contributed by atoms with Gasteiger partial charge in [0.15, 0.2) is 11.5 Å². The minimum atomic E-state index is 0.0198. The predicted octanol–water partition coefficient (Wildman–Crippen LogP) is 2.04. The fourth-order valence-corrected chi connectivity index (χ4v) is 4.14. The van der Waals surface area contributed by atoms with E-state index in [9.17, 15) is 9.59 Å². The van der Waals surface area contributed by atoms with Crippen molar-refractivity contribution in [2.45, 2.75) is 38.6 Å². The fourth-order valence-electron chi connectivity index (χ4n) is 4.14. The van der Waals surface area contributed by atoms with E-state index in [0.717, 1.165) is 57.4 Å². The highest BCUT2D eigenvalue weighted by atomic mass is 16.5. The number of ether oxygens (including phenoxy) is 2. The number of hydrogen-bond donors (Lipinski definition) is 1. The summed E-state index contributed by atoms with van der Waals surface area (Å²) in [6.45, 7) is 4.47. The quantitative estimate of drug-likeness (QED) is 0.719. The van der Waals surface area contributed by atoms with Crippen molar-refractivity contribution < 1.29 is 19.1 Å². The molecule has 0 spiro atoms. The van der Waals surface area contributed by atoms with E-state index in [0.29, 0.717) is 42.8 Å². The second-order valence-corrected chi connectivity index (χ2v) is 7.98. The van der Waals surface area contributed by atoms with E-state index in [1.807, 2.05) is 23.1 Å². The molecule has 1 aromatic carbocycles. The summed E-state index contributed by atoms with van der Waals surface area (Å²) in [7, 11) is 3.20. The van der Waals surface area contributed by atoms with Gasteiger partial charge in [-0.2, -0.15) is 0 Å². The van der Waals surface area contributed by atoms with Crippen LogP contribution in [0, 0.1) is 5.92 Å². The Bertz CT molecular complexity index is 695. The third-order valence-corrected chi connectivity index (χ3v) is 5.93. The van der Waals surface area contributed by atoms with Gasteiger partial charge in [0.25, 0.3) is 0 Å². The summed E-state index contributed by atoms with van der Waals surface area (Å²) in [6, 6.07) is 5.64. The summed E-state index contributed by atoms with van der Waals surface area (Å²) < 4.78 is 10.5. The Morgan fingerprint density at radius 3 is 2.38 bits per heavy atom. The monoisotopic (exact) mass is 403 g/mol. The van der Waals surface area contributed by atoms with Gasteiger partial charge in [0.1, 0.15) is 0 Å². The molecule has 160 valence electrons. The van der Waals surface area contributed by atoms with E-state index < -0.39 is 0 Å². The molecule has 0 aliphatic carbocycles. The van der Waals surface area contributed by atoms with Crippen LogP contribution in [0.15, 0.2) is 18.2 Å². The largest absolute Gasteiger partial charge is 0.493 e. The number of amides is 2. The average molecular weight is 404 g/mol. The zero-order chi connectivity index (χ0) is 20.6. The Balaban J connectivity index is 1.37. The third kappa shape index (κ3) is 6.10. The van der Waals surface area contributed by atoms with Crippen molar-refractivity contribution in [2.75, 3.05) is 46.9 Å². The maximum atomic E-state index is 12.3. The van der Waals surface area contributed by atoms with Crippen molar-refractivity contribution in [1.29, 1.82) is 0 Å². The molecule has 2 amide bonds. The van der Waals surface area contributed by atoms with Gasteiger partial charge in [-0.3, -0.25) is 14.5 Å². The van der Waals surface area contributed by atoms with Gasteiger partial charge in [-0.05, 0) is 62.4 Å². The number of rotatable bonds is 8. The zero-order valence-electron chi connectivity index (χ0n) is 17.6. The van der Waals surface area contributed by atoms with Crippen molar-refractivity contribution >= 4 is 11.8 Å². The SMILES string of the molecule is COc1ccc(CNC(=O)CN2CCC(CC(=O)N3CCCC3)CC2)cc1OC. The number of carbonyl (C=O) groups excluding carboxylic acids is 2. The number of methoxy groups -OCH3 is 2. The number of hydrogen-bond acceptors (Lipinski definition) is 5. The second kappa shape index (κ2) is 10.5. The van der Waals surface area contributed by atoms with E-state index in [4.69, 9.17) is 9.47 Å². The van der Waals surface area contributed by atoms with Crippen molar-refractivity contribution in [2.24, 2.45) is 5.92 Å². The first-order valence-corrected chi connectivity index (χ1v) is 10.6. The van der Waals surface area contributed by atoms with Crippen LogP contribution in [0.3, 0.4) is 0 Å². The first kappa shape index (κ1) is 21.4. The summed E-state index contributed by atoms with van der Waals surface area (Å²) >= 11 is 0. The molecule has 2 fully saturated rings. The topological polar surface area (TPSA) is 71.1 Å². The molecule has 0 unspecified atom stereocenters. The van der Waals surface area contributed by atoms with E-state index in [-0.39, 0.29) is 5.91 Å². The lowest BCUT2D eigenvalue weighted by molar-refractivity contribution is -0.131. The number of likely N-dealkylation sites (tertiary alicyclic amines) is 2. The maximum absolute atomic E-state index is 12.3. The molecule has 0 aromatic heterocycles. The van der Waals surface area contributed by atoms with E-state index in [1.165, 1.54) is 0 Å². The summed E-state index contributed by atoms with van der Waals surface area (Å²) in [5.41, 5.74) is 0.968. The highest BCUT2D eigenvalue weighted by molar-refractivity contribution is 5.78. The minimum Gasteiger partial charge on any atom is -0.493 e. The van der Waals surface area contributed by atoms with Crippen LogP contribution in [0.4, 0.5) is 0 Å². The standard InChI is InChI=1S/C22H33N3O4/c1-28-19-6-5-18(13-20(19)29-2)15-23-21(26)16-24-11-7-17(8-12-24)14-22(27)25-9-3-4-10-25/h5-6,13,17H,3-4,7-12,14-16H2,1-2H3,(H,23,26). The molecule has 1 N–H and O–H groups in total. The van der Waals surface area contributed by atoms with Gasteiger partial charge >= 0.3 is 0 Å². The van der Waals surface area contributed by atoms with Gasteiger partial charge in [0.2, 0.25) is 11.8 Å². The van der Waals surface area contributed by atoms with E-state index in [1.54, 1.807) is 14.2 Å². The number of benzene rings is 1. The number of nitrogens with zero attached hydrogens (tertiary/aromatic N) is 2. The van der Waals surface area contributed by atoms with E-state index in [2.05, 4.69) is 10.2 Å². The maximum Gasteiger partial charge on any atom is 0.234 e. The van der Waals surface area contributed by atoms with Crippen LogP contribution in [0.1, 0.15) is 37.7 Å². The molecule has 7 heteroatoms. The van der Waals surface area contributed by atoms with Crippen LogP contribution in [0.5, 0.6) is 11.5 Å². The molecule has 7 nitrogen and oxygen atoms in total. The summed E-state index contributed by atoms with van der Waals surface area (Å²) in [5, 5.41) is 2.98. The zero-order valence-corrected chi connectivity index (χ0v) is 17.6. The Kier molecular flexibility index (Phi) is 7.75. The van der Waals surface area contributed by atoms with Crippen LogP contribution in [0.2, 0.25) is 0 Å². The molecule has 0 atom stereocenters. The second-order valence-electron chi connectivity index (χ2n) is 7.98. The van der Waals surface area contributed by atoms with E-state index >= 15 is 0 Å². The van der Waals surface area contributed by atoms with Crippen molar-refractivity contribution in [1.82, 2.24) is 15.1 Å². The highest BCUT2D eigenvalue weighted by Gasteiger charge is 2.25. The van der Waals surface area contributed by atoms with Gasteiger partial charge < -0.3 is 19.7 Å². The molecule has 0 radical (unpaired) electrons. The first-order chi connectivity index (χ1) is 14.1. The van der Waals surface area contributed by atoms with Gasteiger partial charge in [-0.25, -0.2) is 0 Å². The minimum absolute atomic E-state index is 0.0198. The first-order valence-electron chi connectivity index (χ1n) is 10.6. The number of piperidine rings is 1. The summed E-state index contributed by atoms with van der Waals surface area (Å²) in [5.74, 6) is 2.12. The normalized spacial score (nSPS) is 17.9. The summed E-state index contributed by atoms with van der Waals surface area (Å²) in [6.07, 6.45) is 4.93. The molecule has 2 aliphatic rings. The predicted molar refractivity (Wildman–Crippen MR) is 111 cm³/mol. The van der Waals surface area contributed by atoms with Crippen molar-refractivity contribution in [3.63, 3.8) is 0 Å². The molecule has 0 bridgehead atoms. The Morgan fingerprint density at radius 2 is 1.72 bits per heavy atom. The number of carbonyl (C=O) groups is 2. The lowest BCUT2D eigenvalue weighted by Gasteiger charge is -2.31. The molecule has 29 heavy (non-hydrogen) atoms.